The average Bonchev–Trinajstić information content (AvgIpc) is 2.30. The van der Waals surface area contributed by atoms with E-state index in [1.807, 2.05) is 18.2 Å². The molecule has 0 atom stereocenters. The first kappa shape index (κ1) is 9.72. The number of hydrogen-bond donors (Lipinski definition) is 0. The minimum Gasteiger partial charge on any atom is -0.289 e. The van der Waals surface area contributed by atoms with Crippen LogP contribution in [-0.2, 0) is 0 Å². The second kappa shape index (κ2) is 4.14. The maximum atomic E-state index is 11.9. The van der Waals surface area contributed by atoms with Crippen molar-refractivity contribution >= 4 is 19.1 Å². The van der Waals surface area contributed by atoms with Gasteiger partial charge in [-0.3, -0.25) is 4.79 Å². The topological polar surface area (TPSA) is 17.1 Å². The fraction of sp³-hybridized carbons (Fsp3) is 0. The molecule has 0 saturated heterocycles. The first-order valence-corrected chi connectivity index (χ1v) is 4.72. The van der Waals surface area contributed by atoms with E-state index < -0.39 is 0 Å². The van der Waals surface area contributed by atoms with Crippen molar-refractivity contribution in [3.63, 3.8) is 0 Å². The highest BCUT2D eigenvalue weighted by molar-refractivity contribution is 6.32. The summed E-state index contributed by atoms with van der Waals surface area (Å²) in [6.45, 7) is 0. The van der Waals surface area contributed by atoms with Gasteiger partial charge in [0.2, 0.25) is 0 Å². The second-order valence-electron chi connectivity index (χ2n) is 3.32. The second-order valence-corrected chi connectivity index (χ2v) is 3.32. The summed E-state index contributed by atoms with van der Waals surface area (Å²) in [5, 5.41) is 0. The monoisotopic (exact) mass is 192 g/mol. The van der Waals surface area contributed by atoms with E-state index >= 15 is 0 Å². The van der Waals surface area contributed by atoms with E-state index in [0.29, 0.717) is 16.6 Å². The highest BCUT2D eigenvalue weighted by Gasteiger charge is 2.06. The van der Waals surface area contributed by atoms with Crippen LogP contribution in [0, 0.1) is 0 Å². The van der Waals surface area contributed by atoms with Gasteiger partial charge in [0.1, 0.15) is 7.85 Å². The maximum Gasteiger partial charge on any atom is 0.193 e. The van der Waals surface area contributed by atoms with Gasteiger partial charge < -0.3 is 0 Å². The molecule has 0 unspecified atom stereocenters. The quantitative estimate of drug-likeness (QED) is 0.522. The molecule has 2 heteroatoms. The summed E-state index contributed by atoms with van der Waals surface area (Å²) in [5.74, 6) is 0.0237. The Morgan fingerprint density at radius 1 is 0.800 bits per heavy atom. The van der Waals surface area contributed by atoms with E-state index in [4.69, 9.17) is 7.85 Å². The van der Waals surface area contributed by atoms with Gasteiger partial charge in [0.25, 0.3) is 0 Å². The lowest BCUT2D eigenvalue weighted by molar-refractivity contribution is 0.103. The Labute approximate surface area is 90.2 Å². The van der Waals surface area contributed by atoms with E-state index in [0.717, 1.165) is 0 Å². The van der Waals surface area contributed by atoms with E-state index in [-0.39, 0.29) is 5.78 Å². The van der Waals surface area contributed by atoms with Crippen LogP contribution in [0.3, 0.4) is 0 Å². The van der Waals surface area contributed by atoms with Crippen molar-refractivity contribution in [3.8, 4) is 0 Å². The van der Waals surface area contributed by atoms with Crippen LogP contribution in [0.2, 0.25) is 0 Å². The molecule has 0 bridgehead atoms. The molecular weight excluding hydrogens is 183 g/mol. The Morgan fingerprint density at radius 3 is 1.93 bits per heavy atom. The van der Waals surface area contributed by atoms with Crippen molar-refractivity contribution in [2.45, 2.75) is 0 Å². The van der Waals surface area contributed by atoms with E-state index in [1.54, 1.807) is 36.4 Å². The maximum absolute atomic E-state index is 11.9. The van der Waals surface area contributed by atoms with Gasteiger partial charge in [-0.05, 0) is 0 Å². The van der Waals surface area contributed by atoms with Crippen LogP contribution in [0.1, 0.15) is 15.9 Å². The standard InChI is InChI=1S/C13H9BO/c14-12-8-6-11(7-9-12)13(15)10-4-2-1-3-5-10/h1-9H. The summed E-state index contributed by atoms with van der Waals surface area (Å²) in [6.07, 6.45) is 0. The predicted molar refractivity (Wildman–Crippen MR) is 61.7 cm³/mol. The molecule has 1 nitrogen and oxygen atoms in total. The van der Waals surface area contributed by atoms with Crippen molar-refractivity contribution in [2.24, 2.45) is 0 Å². The van der Waals surface area contributed by atoms with Crippen LogP contribution in [0.4, 0.5) is 0 Å². The average molecular weight is 192 g/mol. The summed E-state index contributed by atoms with van der Waals surface area (Å²) >= 11 is 0. The first-order chi connectivity index (χ1) is 7.27. The summed E-state index contributed by atoms with van der Waals surface area (Å²) in [4.78, 5) is 11.9. The molecular formula is C13H9BO. The summed E-state index contributed by atoms with van der Waals surface area (Å²) in [6, 6.07) is 16.1. The molecule has 0 saturated carbocycles. The molecule has 0 aliphatic carbocycles. The third-order valence-electron chi connectivity index (χ3n) is 2.21. The number of carbonyl (C=O) groups excluding carboxylic acids is 1. The van der Waals surface area contributed by atoms with Crippen LogP contribution < -0.4 is 5.46 Å². The first-order valence-electron chi connectivity index (χ1n) is 4.72. The Bertz CT molecular complexity index is 460. The number of ketones is 1. The Hall–Kier alpha value is -1.83. The molecule has 0 amide bonds. The number of hydrogen-bond acceptors (Lipinski definition) is 1. The number of benzene rings is 2. The molecule has 0 aliphatic heterocycles. The van der Waals surface area contributed by atoms with Crippen LogP contribution in [0.5, 0.6) is 0 Å². The zero-order chi connectivity index (χ0) is 10.7. The molecule has 0 N–H and O–H groups in total. The molecule has 2 rings (SSSR count). The Kier molecular flexibility index (Phi) is 2.68. The van der Waals surface area contributed by atoms with E-state index in [1.165, 1.54) is 0 Å². The smallest absolute Gasteiger partial charge is 0.193 e. The third kappa shape index (κ3) is 2.16. The van der Waals surface area contributed by atoms with Crippen LogP contribution in [0.15, 0.2) is 54.6 Å². The largest absolute Gasteiger partial charge is 0.289 e. The lowest BCUT2D eigenvalue weighted by Crippen LogP contribution is -2.05. The molecule has 0 heterocycles. The van der Waals surface area contributed by atoms with Crippen LogP contribution in [-0.4, -0.2) is 13.6 Å². The molecule has 15 heavy (non-hydrogen) atoms. The Morgan fingerprint density at radius 2 is 1.33 bits per heavy atom. The predicted octanol–water partition coefficient (Wildman–Crippen LogP) is 1.71. The zero-order valence-electron chi connectivity index (χ0n) is 8.18. The summed E-state index contributed by atoms with van der Waals surface area (Å²) in [7, 11) is 5.55. The molecule has 0 aromatic heterocycles. The van der Waals surface area contributed by atoms with Gasteiger partial charge in [-0.2, -0.15) is 0 Å². The van der Waals surface area contributed by atoms with Gasteiger partial charge in [-0.1, -0.05) is 60.1 Å². The van der Waals surface area contributed by atoms with Gasteiger partial charge in [-0.25, -0.2) is 0 Å². The zero-order valence-corrected chi connectivity index (χ0v) is 8.18. The molecule has 2 radical (unpaired) electrons. The molecule has 0 fully saturated rings. The molecule has 0 spiro atoms. The van der Waals surface area contributed by atoms with Gasteiger partial charge in [0.05, 0.1) is 0 Å². The van der Waals surface area contributed by atoms with E-state index in [9.17, 15) is 4.79 Å². The Balaban J connectivity index is 2.33. The summed E-state index contributed by atoms with van der Waals surface area (Å²) in [5.41, 5.74) is 2.03. The van der Waals surface area contributed by atoms with Crippen LogP contribution in [0.25, 0.3) is 0 Å². The highest BCUT2D eigenvalue weighted by Crippen LogP contribution is 2.07. The minimum absolute atomic E-state index is 0.0237. The van der Waals surface area contributed by atoms with E-state index in [2.05, 4.69) is 0 Å². The molecule has 0 aliphatic rings. The van der Waals surface area contributed by atoms with Gasteiger partial charge in [-0.15, -0.1) is 0 Å². The van der Waals surface area contributed by atoms with Crippen LogP contribution >= 0.6 is 0 Å². The van der Waals surface area contributed by atoms with Crippen molar-refractivity contribution in [1.29, 1.82) is 0 Å². The highest BCUT2D eigenvalue weighted by atomic mass is 16.1. The molecule has 70 valence electrons. The minimum atomic E-state index is 0.0237. The SMILES string of the molecule is [B]c1ccc(C(=O)c2ccccc2)cc1. The fourth-order valence-electron chi connectivity index (χ4n) is 1.39. The van der Waals surface area contributed by atoms with Gasteiger partial charge in [0, 0.05) is 11.1 Å². The van der Waals surface area contributed by atoms with Gasteiger partial charge in [0.15, 0.2) is 5.78 Å². The lowest BCUT2D eigenvalue weighted by atomic mass is 9.93. The van der Waals surface area contributed by atoms with Crippen molar-refractivity contribution in [1.82, 2.24) is 0 Å². The van der Waals surface area contributed by atoms with Crippen molar-refractivity contribution < 1.29 is 4.79 Å². The summed E-state index contributed by atoms with van der Waals surface area (Å²) < 4.78 is 0. The lowest BCUT2D eigenvalue weighted by Gasteiger charge is -2.01. The third-order valence-corrected chi connectivity index (χ3v) is 2.21. The van der Waals surface area contributed by atoms with Crippen molar-refractivity contribution in [3.05, 3.63) is 65.7 Å². The number of carbonyl (C=O) groups is 1. The fourth-order valence-corrected chi connectivity index (χ4v) is 1.39. The van der Waals surface area contributed by atoms with Crippen molar-refractivity contribution in [2.75, 3.05) is 0 Å². The normalized spacial score (nSPS) is 9.87. The van der Waals surface area contributed by atoms with Gasteiger partial charge >= 0.3 is 0 Å². The molecule has 2 aromatic rings. The number of rotatable bonds is 2. The molecule has 2 aromatic carbocycles.